The second-order valence-corrected chi connectivity index (χ2v) is 9.09. The van der Waals surface area contributed by atoms with Gasteiger partial charge in [-0.15, -0.1) is 0 Å². The van der Waals surface area contributed by atoms with Crippen molar-refractivity contribution in [3.05, 3.63) is 0 Å². The zero-order valence-corrected chi connectivity index (χ0v) is 16.9. The summed E-state index contributed by atoms with van der Waals surface area (Å²) in [5, 5.41) is 3.68. The van der Waals surface area contributed by atoms with Crippen molar-refractivity contribution in [2.75, 3.05) is 39.8 Å². The highest BCUT2D eigenvalue weighted by molar-refractivity contribution is 5.80. The van der Waals surface area contributed by atoms with Crippen LogP contribution in [-0.2, 0) is 4.74 Å². The Labute approximate surface area is 154 Å². The molecule has 0 aromatic carbocycles. The maximum atomic E-state index is 5.90. The van der Waals surface area contributed by atoms with Gasteiger partial charge in [-0.05, 0) is 52.4 Å². The molecule has 2 aliphatic heterocycles. The van der Waals surface area contributed by atoms with Gasteiger partial charge in [0.15, 0.2) is 5.96 Å². The molecule has 4 atom stereocenters. The highest BCUT2D eigenvalue weighted by Crippen LogP contribution is 2.36. The third kappa shape index (κ3) is 4.48. The summed E-state index contributed by atoms with van der Waals surface area (Å²) >= 11 is 0. The molecule has 2 heterocycles. The van der Waals surface area contributed by atoms with Crippen LogP contribution in [0, 0.1) is 11.8 Å². The summed E-state index contributed by atoms with van der Waals surface area (Å²) in [5.74, 6) is 2.87. The van der Waals surface area contributed by atoms with Gasteiger partial charge in [0, 0.05) is 45.3 Å². The minimum Gasteiger partial charge on any atom is -0.373 e. The van der Waals surface area contributed by atoms with Gasteiger partial charge in [-0.3, -0.25) is 9.89 Å². The standard InChI is InChI=1S/C20H38N4O/c1-15-10-24(11-16(2)25-15)20(3,4)14-22-19(21-5)23-12-17-8-6-7-9-18(17)13-23/h15-18H,6-14H2,1-5H3,(H,21,22). The number of morpholine rings is 1. The maximum absolute atomic E-state index is 5.90. The highest BCUT2D eigenvalue weighted by Gasteiger charge is 2.37. The SMILES string of the molecule is CN=C(NCC(C)(C)N1CC(C)OC(C)C1)N1CC2CCCCC2C1. The molecule has 25 heavy (non-hydrogen) atoms. The van der Waals surface area contributed by atoms with Crippen molar-refractivity contribution in [1.82, 2.24) is 15.1 Å². The van der Waals surface area contributed by atoms with Gasteiger partial charge in [0.2, 0.25) is 0 Å². The summed E-state index contributed by atoms with van der Waals surface area (Å²) < 4.78 is 5.90. The Morgan fingerprint density at radius 2 is 1.60 bits per heavy atom. The molecule has 0 spiro atoms. The van der Waals surface area contributed by atoms with Gasteiger partial charge >= 0.3 is 0 Å². The molecule has 2 saturated heterocycles. The zero-order chi connectivity index (χ0) is 18.0. The number of hydrogen-bond donors (Lipinski definition) is 1. The van der Waals surface area contributed by atoms with E-state index in [1.165, 1.54) is 38.8 Å². The van der Waals surface area contributed by atoms with Crippen molar-refractivity contribution in [2.24, 2.45) is 16.8 Å². The van der Waals surface area contributed by atoms with E-state index in [0.717, 1.165) is 37.4 Å². The van der Waals surface area contributed by atoms with Crippen LogP contribution < -0.4 is 5.32 Å². The van der Waals surface area contributed by atoms with Crippen molar-refractivity contribution in [3.63, 3.8) is 0 Å². The largest absolute Gasteiger partial charge is 0.373 e. The van der Waals surface area contributed by atoms with Crippen LogP contribution in [0.4, 0.5) is 0 Å². The summed E-state index contributed by atoms with van der Waals surface area (Å²) in [7, 11) is 1.93. The second kappa shape index (κ2) is 7.83. The van der Waals surface area contributed by atoms with Crippen LogP contribution in [0.15, 0.2) is 4.99 Å². The minimum atomic E-state index is 0.0920. The molecule has 5 nitrogen and oxygen atoms in total. The number of nitrogens with one attached hydrogen (secondary N) is 1. The van der Waals surface area contributed by atoms with Crippen LogP contribution >= 0.6 is 0 Å². The fraction of sp³-hybridized carbons (Fsp3) is 0.950. The summed E-state index contributed by atoms with van der Waals surface area (Å²) in [5.41, 5.74) is 0.0920. The lowest BCUT2D eigenvalue weighted by Crippen LogP contribution is -2.59. The van der Waals surface area contributed by atoms with E-state index >= 15 is 0 Å². The van der Waals surface area contributed by atoms with Crippen LogP contribution in [-0.4, -0.2) is 73.3 Å². The number of ether oxygens (including phenoxy) is 1. The molecule has 3 rings (SSSR count). The van der Waals surface area contributed by atoms with Crippen LogP contribution in [0.5, 0.6) is 0 Å². The average Bonchev–Trinajstić information content (AvgIpc) is 2.98. The van der Waals surface area contributed by atoms with E-state index in [9.17, 15) is 0 Å². The van der Waals surface area contributed by atoms with Crippen molar-refractivity contribution in [3.8, 4) is 0 Å². The second-order valence-electron chi connectivity index (χ2n) is 9.09. The minimum absolute atomic E-state index is 0.0920. The molecule has 5 heteroatoms. The number of aliphatic imine (C=N–C) groups is 1. The predicted octanol–water partition coefficient (Wildman–Crippen LogP) is 2.57. The Balaban J connectivity index is 1.55. The van der Waals surface area contributed by atoms with Gasteiger partial charge in [0.1, 0.15) is 0 Å². The van der Waals surface area contributed by atoms with Crippen LogP contribution in [0.3, 0.4) is 0 Å². The number of likely N-dealkylation sites (tertiary alicyclic amines) is 1. The number of fused-ring (bicyclic) bond motifs is 1. The molecule has 3 aliphatic rings. The first-order valence-electron chi connectivity index (χ1n) is 10.2. The fourth-order valence-corrected chi connectivity index (χ4v) is 4.99. The third-order valence-electron chi connectivity index (χ3n) is 6.44. The molecule has 0 amide bonds. The molecule has 3 fully saturated rings. The fourth-order valence-electron chi connectivity index (χ4n) is 4.99. The molecule has 0 radical (unpaired) electrons. The lowest BCUT2D eigenvalue weighted by atomic mass is 9.82. The topological polar surface area (TPSA) is 40.1 Å². The van der Waals surface area contributed by atoms with E-state index in [0.29, 0.717) is 12.2 Å². The molecule has 4 unspecified atom stereocenters. The Kier molecular flexibility index (Phi) is 5.94. The Bertz CT molecular complexity index is 454. The average molecular weight is 351 g/mol. The molecule has 1 N–H and O–H groups in total. The van der Waals surface area contributed by atoms with Gasteiger partial charge in [-0.1, -0.05) is 12.8 Å². The molecule has 0 aromatic heterocycles. The number of hydrogen-bond acceptors (Lipinski definition) is 3. The Hall–Kier alpha value is -0.810. The van der Waals surface area contributed by atoms with Crippen molar-refractivity contribution < 1.29 is 4.74 Å². The normalized spacial score (nSPS) is 34.9. The first kappa shape index (κ1) is 19.0. The summed E-state index contributed by atoms with van der Waals surface area (Å²) in [4.78, 5) is 9.66. The van der Waals surface area contributed by atoms with Crippen molar-refractivity contribution in [2.45, 2.75) is 71.1 Å². The molecular weight excluding hydrogens is 312 g/mol. The maximum Gasteiger partial charge on any atom is 0.193 e. The summed E-state index contributed by atoms with van der Waals surface area (Å²) in [6.45, 7) is 14.3. The Morgan fingerprint density at radius 3 is 2.12 bits per heavy atom. The highest BCUT2D eigenvalue weighted by atomic mass is 16.5. The van der Waals surface area contributed by atoms with E-state index in [1.54, 1.807) is 0 Å². The molecule has 144 valence electrons. The van der Waals surface area contributed by atoms with Crippen molar-refractivity contribution in [1.29, 1.82) is 0 Å². The van der Waals surface area contributed by atoms with Crippen LogP contribution in [0.2, 0.25) is 0 Å². The van der Waals surface area contributed by atoms with Gasteiger partial charge in [0.05, 0.1) is 12.2 Å². The number of guanidine groups is 1. The van der Waals surface area contributed by atoms with E-state index in [4.69, 9.17) is 4.74 Å². The van der Waals surface area contributed by atoms with Gasteiger partial charge in [0.25, 0.3) is 0 Å². The smallest absolute Gasteiger partial charge is 0.193 e. The molecule has 0 bridgehead atoms. The Morgan fingerprint density at radius 1 is 1.04 bits per heavy atom. The van der Waals surface area contributed by atoms with Gasteiger partial charge < -0.3 is 15.0 Å². The lowest BCUT2D eigenvalue weighted by molar-refractivity contribution is -0.0947. The summed E-state index contributed by atoms with van der Waals surface area (Å²) in [6.07, 6.45) is 6.27. The van der Waals surface area contributed by atoms with Crippen LogP contribution in [0.25, 0.3) is 0 Å². The number of nitrogens with zero attached hydrogens (tertiary/aromatic N) is 3. The zero-order valence-electron chi connectivity index (χ0n) is 16.9. The lowest BCUT2D eigenvalue weighted by Gasteiger charge is -2.45. The molecule has 0 aromatic rings. The molecular formula is C20H38N4O. The van der Waals surface area contributed by atoms with E-state index < -0.39 is 0 Å². The predicted molar refractivity (Wildman–Crippen MR) is 104 cm³/mol. The molecule has 1 aliphatic carbocycles. The van der Waals surface area contributed by atoms with E-state index in [-0.39, 0.29) is 5.54 Å². The van der Waals surface area contributed by atoms with Crippen LogP contribution in [0.1, 0.15) is 53.4 Å². The number of rotatable bonds is 3. The quantitative estimate of drug-likeness (QED) is 0.627. The van der Waals surface area contributed by atoms with Gasteiger partial charge in [-0.25, -0.2) is 0 Å². The van der Waals surface area contributed by atoms with E-state index in [1.807, 2.05) is 7.05 Å². The molecule has 1 saturated carbocycles. The first-order chi connectivity index (χ1) is 11.9. The van der Waals surface area contributed by atoms with Gasteiger partial charge in [-0.2, -0.15) is 0 Å². The summed E-state index contributed by atoms with van der Waals surface area (Å²) in [6, 6.07) is 0. The van der Waals surface area contributed by atoms with Crippen molar-refractivity contribution >= 4 is 5.96 Å². The monoisotopic (exact) mass is 350 g/mol. The van der Waals surface area contributed by atoms with E-state index in [2.05, 4.69) is 47.8 Å². The first-order valence-corrected chi connectivity index (χ1v) is 10.2. The third-order valence-corrected chi connectivity index (χ3v) is 6.44.